The van der Waals surface area contributed by atoms with Gasteiger partial charge in [-0.05, 0) is 48.6 Å². The summed E-state index contributed by atoms with van der Waals surface area (Å²) in [6.45, 7) is 2.79. The van der Waals surface area contributed by atoms with Crippen LogP contribution in [0.15, 0.2) is 60.3 Å². The minimum Gasteiger partial charge on any atom is -0.354 e. The molecule has 1 aromatic carbocycles. The van der Waals surface area contributed by atoms with Crippen molar-refractivity contribution in [1.82, 2.24) is 20.4 Å². The summed E-state index contributed by atoms with van der Waals surface area (Å²) in [5.74, 6) is -1.42. The molecule has 2 aliphatic heterocycles. The zero-order valence-electron chi connectivity index (χ0n) is 19.0. The molecular formula is C26H29F2N5O. The maximum absolute atomic E-state index is 14.8. The van der Waals surface area contributed by atoms with Gasteiger partial charge in [-0.15, -0.1) is 5.10 Å². The highest BCUT2D eigenvalue weighted by atomic mass is 19.1. The second-order valence-electron chi connectivity index (χ2n) is 9.17. The molecule has 178 valence electrons. The monoisotopic (exact) mass is 465 g/mol. The molecule has 3 aliphatic rings. The smallest absolute Gasteiger partial charge is 0.228 e. The fourth-order valence-electron chi connectivity index (χ4n) is 5.32. The molecule has 6 nitrogen and oxygen atoms in total. The van der Waals surface area contributed by atoms with Crippen molar-refractivity contribution in [2.45, 2.75) is 31.2 Å². The molecule has 8 heteroatoms. The first-order valence-electron chi connectivity index (χ1n) is 12.0. The Morgan fingerprint density at radius 2 is 2.03 bits per heavy atom. The van der Waals surface area contributed by atoms with Crippen molar-refractivity contribution < 1.29 is 13.6 Å². The van der Waals surface area contributed by atoms with Gasteiger partial charge in [0.05, 0.1) is 5.92 Å². The van der Waals surface area contributed by atoms with E-state index in [1.807, 2.05) is 15.9 Å². The molecule has 1 amide bonds. The predicted molar refractivity (Wildman–Crippen MR) is 126 cm³/mol. The van der Waals surface area contributed by atoms with Gasteiger partial charge in [0.25, 0.3) is 0 Å². The van der Waals surface area contributed by atoms with Gasteiger partial charge in [-0.3, -0.25) is 4.79 Å². The van der Waals surface area contributed by atoms with Crippen molar-refractivity contribution in [2.24, 2.45) is 5.92 Å². The number of nitrogens with zero attached hydrogens (tertiary/aromatic N) is 4. The van der Waals surface area contributed by atoms with Crippen LogP contribution in [0.25, 0.3) is 0 Å². The van der Waals surface area contributed by atoms with Gasteiger partial charge < -0.3 is 15.1 Å². The average molecular weight is 466 g/mol. The third-order valence-corrected chi connectivity index (χ3v) is 7.08. The lowest BCUT2D eigenvalue weighted by molar-refractivity contribution is -0.135. The van der Waals surface area contributed by atoms with Crippen molar-refractivity contribution in [1.29, 1.82) is 0 Å². The molecule has 2 fully saturated rings. The average Bonchev–Trinajstić information content (AvgIpc) is 3.15. The van der Waals surface area contributed by atoms with Crippen LogP contribution < -0.4 is 10.2 Å². The standard InChI is InChI=1S/C26H29F2N5O/c27-19-8-9-20(23(28)15-19)21-16-33(25-7-4-11-30-31-25)17-22(21)26(34)32-13-10-24(29-12-14-32)18-5-2-1-3-6-18/h2,4-9,11,15,21-22,24,29H,1,3,10,12-14,16-17H2/t21-,22?,24?/m0/s1. The minimum absolute atomic E-state index is 0.00994. The number of nitrogens with one attached hydrogen (secondary N) is 1. The first-order valence-corrected chi connectivity index (χ1v) is 12.0. The summed E-state index contributed by atoms with van der Waals surface area (Å²) in [7, 11) is 0. The van der Waals surface area contributed by atoms with Crippen LogP contribution >= 0.6 is 0 Å². The van der Waals surface area contributed by atoms with Crippen LogP contribution in [0.5, 0.6) is 0 Å². The lowest BCUT2D eigenvalue weighted by Gasteiger charge is -2.27. The molecule has 3 heterocycles. The molecule has 2 saturated heterocycles. The SMILES string of the molecule is O=C(C1CN(c2cccnn2)C[C@H]1c1ccc(F)cc1F)N1CCNC(C2=CCCC=C2)CC1. The summed E-state index contributed by atoms with van der Waals surface area (Å²) in [6, 6.07) is 7.49. The molecule has 1 aromatic heterocycles. The van der Waals surface area contributed by atoms with E-state index in [1.54, 1.807) is 12.3 Å². The van der Waals surface area contributed by atoms with E-state index in [2.05, 4.69) is 33.7 Å². The summed E-state index contributed by atoms with van der Waals surface area (Å²) in [5.41, 5.74) is 1.66. The zero-order valence-corrected chi connectivity index (χ0v) is 19.0. The van der Waals surface area contributed by atoms with E-state index >= 15 is 0 Å². The van der Waals surface area contributed by atoms with Crippen molar-refractivity contribution in [3.63, 3.8) is 0 Å². The molecule has 2 aromatic rings. The molecule has 2 unspecified atom stereocenters. The van der Waals surface area contributed by atoms with Gasteiger partial charge in [-0.2, -0.15) is 5.10 Å². The van der Waals surface area contributed by atoms with Crippen LogP contribution in [0.4, 0.5) is 14.6 Å². The number of allylic oxidation sites excluding steroid dienone is 2. The van der Waals surface area contributed by atoms with Gasteiger partial charge >= 0.3 is 0 Å². The number of anilines is 1. The Balaban J connectivity index is 1.37. The highest BCUT2D eigenvalue weighted by Gasteiger charge is 2.42. The third kappa shape index (κ3) is 4.73. The number of aromatic nitrogens is 2. The summed E-state index contributed by atoms with van der Waals surface area (Å²) in [4.78, 5) is 17.7. The summed E-state index contributed by atoms with van der Waals surface area (Å²) in [6.07, 6.45) is 11.2. The van der Waals surface area contributed by atoms with Crippen LogP contribution in [0, 0.1) is 17.6 Å². The number of amides is 1. The van der Waals surface area contributed by atoms with Gasteiger partial charge in [0.2, 0.25) is 5.91 Å². The van der Waals surface area contributed by atoms with Crippen LogP contribution in [0.2, 0.25) is 0 Å². The molecule has 1 N–H and O–H groups in total. The molecule has 0 radical (unpaired) electrons. The molecule has 3 atom stereocenters. The first kappa shape index (κ1) is 22.7. The van der Waals surface area contributed by atoms with Crippen molar-refractivity contribution in [3.8, 4) is 0 Å². The van der Waals surface area contributed by atoms with Crippen molar-refractivity contribution in [3.05, 3.63) is 77.5 Å². The number of benzene rings is 1. The number of carbonyl (C=O) groups excluding carboxylic acids is 1. The number of carbonyl (C=O) groups is 1. The summed E-state index contributed by atoms with van der Waals surface area (Å²) >= 11 is 0. The third-order valence-electron chi connectivity index (χ3n) is 7.08. The van der Waals surface area contributed by atoms with Crippen LogP contribution in [-0.4, -0.2) is 59.8 Å². The second-order valence-corrected chi connectivity index (χ2v) is 9.17. The normalized spacial score (nSPS) is 25.2. The number of hydrogen-bond donors (Lipinski definition) is 1. The number of rotatable bonds is 4. The largest absolute Gasteiger partial charge is 0.354 e. The van der Waals surface area contributed by atoms with Crippen molar-refractivity contribution in [2.75, 3.05) is 37.6 Å². The Hall–Kier alpha value is -3.13. The Morgan fingerprint density at radius 3 is 2.79 bits per heavy atom. The fourth-order valence-corrected chi connectivity index (χ4v) is 5.32. The molecule has 0 spiro atoms. The highest BCUT2D eigenvalue weighted by molar-refractivity contribution is 5.81. The van der Waals surface area contributed by atoms with Gasteiger partial charge in [0, 0.05) is 56.9 Å². The Labute approximate surface area is 198 Å². The second kappa shape index (κ2) is 10.0. The van der Waals surface area contributed by atoms with Crippen LogP contribution in [0.1, 0.15) is 30.7 Å². The molecule has 0 saturated carbocycles. The van der Waals surface area contributed by atoms with Gasteiger partial charge in [0.15, 0.2) is 5.82 Å². The Kier molecular flexibility index (Phi) is 6.67. The molecule has 34 heavy (non-hydrogen) atoms. The summed E-state index contributed by atoms with van der Waals surface area (Å²) in [5, 5.41) is 11.7. The molecule has 5 rings (SSSR count). The van der Waals surface area contributed by atoms with E-state index in [-0.39, 0.29) is 11.9 Å². The lowest BCUT2D eigenvalue weighted by Crippen LogP contribution is -2.41. The fraction of sp³-hybridized carbons (Fsp3) is 0.423. The lowest BCUT2D eigenvalue weighted by atomic mass is 9.87. The Bertz CT molecular complexity index is 1090. The van der Waals surface area contributed by atoms with Gasteiger partial charge in [-0.1, -0.05) is 24.3 Å². The van der Waals surface area contributed by atoms with E-state index in [1.165, 1.54) is 17.7 Å². The predicted octanol–water partition coefficient (Wildman–Crippen LogP) is 3.44. The van der Waals surface area contributed by atoms with Crippen LogP contribution in [-0.2, 0) is 4.79 Å². The Morgan fingerprint density at radius 1 is 1.12 bits per heavy atom. The van der Waals surface area contributed by atoms with E-state index < -0.39 is 23.5 Å². The van der Waals surface area contributed by atoms with Gasteiger partial charge in [-0.25, -0.2) is 8.78 Å². The van der Waals surface area contributed by atoms with E-state index in [4.69, 9.17) is 0 Å². The first-order chi connectivity index (χ1) is 16.6. The zero-order chi connectivity index (χ0) is 23.5. The minimum atomic E-state index is -0.622. The van der Waals surface area contributed by atoms with E-state index in [0.717, 1.165) is 25.3 Å². The molecular weight excluding hydrogens is 436 g/mol. The summed E-state index contributed by atoms with van der Waals surface area (Å²) < 4.78 is 28.4. The number of hydrogen-bond acceptors (Lipinski definition) is 5. The quantitative estimate of drug-likeness (QED) is 0.750. The highest BCUT2D eigenvalue weighted by Crippen LogP contribution is 2.37. The van der Waals surface area contributed by atoms with E-state index in [0.29, 0.717) is 44.1 Å². The maximum atomic E-state index is 14.8. The molecule has 1 aliphatic carbocycles. The maximum Gasteiger partial charge on any atom is 0.228 e. The number of halogens is 2. The topological polar surface area (TPSA) is 61.4 Å². The van der Waals surface area contributed by atoms with Crippen molar-refractivity contribution >= 4 is 11.7 Å². The van der Waals surface area contributed by atoms with E-state index in [9.17, 15) is 13.6 Å². The molecule has 0 bridgehead atoms. The van der Waals surface area contributed by atoms with Crippen LogP contribution in [0.3, 0.4) is 0 Å². The van der Waals surface area contributed by atoms with Gasteiger partial charge in [0.1, 0.15) is 11.6 Å².